The van der Waals surface area contributed by atoms with Crippen LogP contribution >= 0.6 is 23.2 Å². The molecule has 3 rings (SSSR count). The van der Waals surface area contributed by atoms with Crippen LogP contribution in [0.2, 0.25) is 10.0 Å². The van der Waals surface area contributed by atoms with Crippen molar-refractivity contribution in [1.29, 1.82) is 0 Å². The van der Waals surface area contributed by atoms with Crippen LogP contribution in [0, 0.1) is 0 Å². The summed E-state index contributed by atoms with van der Waals surface area (Å²) in [6, 6.07) is 5.38. The number of halogens is 2. The van der Waals surface area contributed by atoms with Crippen LogP contribution in [0.5, 0.6) is 0 Å². The fourth-order valence-corrected chi connectivity index (χ4v) is 3.86. The van der Waals surface area contributed by atoms with Gasteiger partial charge in [-0.05, 0) is 37.0 Å². The number of hydrogen-bond donors (Lipinski definition) is 1. The Balaban J connectivity index is 1.73. The van der Waals surface area contributed by atoms with Gasteiger partial charge in [0.25, 0.3) is 0 Å². The van der Waals surface area contributed by atoms with Crippen LogP contribution in [0.4, 0.5) is 4.79 Å². The summed E-state index contributed by atoms with van der Waals surface area (Å²) in [6.07, 6.45) is 3.97. The standard InChI is InChI=1S/C15H18Cl2N2O2/c16-11-4-1-5-12(17)13(11)15(6-2-7-15)10-18-14(20)19-8-3-9-21-19/h1,4-5H,2-3,6-10H2,(H,18,20). The lowest BCUT2D eigenvalue weighted by Gasteiger charge is -2.43. The average Bonchev–Trinajstić information content (AvgIpc) is 2.94. The van der Waals surface area contributed by atoms with Crippen LogP contribution in [0.15, 0.2) is 18.2 Å². The number of amides is 2. The monoisotopic (exact) mass is 328 g/mol. The highest BCUT2D eigenvalue weighted by atomic mass is 35.5. The Labute approximate surface area is 134 Å². The maximum Gasteiger partial charge on any atom is 0.341 e. The highest BCUT2D eigenvalue weighted by Gasteiger charge is 2.42. The largest absolute Gasteiger partial charge is 0.341 e. The molecule has 1 saturated carbocycles. The first kappa shape index (κ1) is 14.9. The number of carbonyl (C=O) groups is 1. The van der Waals surface area contributed by atoms with E-state index in [1.807, 2.05) is 18.2 Å². The summed E-state index contributed by atoms with van der Waals surface area (Å²) >= 11 is 12.7. The molecule has 1 aromatic rings. The third kappa shape index (κ3) is 2.85. The second-order valence-corrected chi connectivity index (χ2v) is 6.49. The van der Waals surface area contributed by atoms with Gasteiger partial charge in [0, 0.05) is 22.0 Å². The van der Waals surface area contributed by atoms with E-state index in [9.17, 15) is 4.79 Å². The van der Waals surface area contributed by atoms with Gasteiger partial charge in [0.2, 0.25) is 0 Å². The SMILES string of the molecule is O=C(NCC1(c2c(Cl)cccc2Cl)CCC1)N1CCCO1. The molecule has 0 atom stereocenters. The number of hydroxylamine groups is 2. The van der Waals surface area contributed by atoms with Crippen molar-refractivity contribution in [1.82, 2.24) is 10.4 Å². The van der Waals surface area contributed by atoms with Crippen molar-refractivity contribution < 1.29 is 9.63 Å². The zero-order valence-electron chi connectivity index (χ0n) is 11.7. The molecule has 0 bridgehead atoms. The number of nitrogens with one attached hydrogen (secondary N) is 1. The van der Waals surface area contributed by atoms with E-state index in [0.29, 0.717) is 29.7 Å². The number of nitrogens with zero attached hydrogens (tertiary/aromatic N) is 1. The molecule has 1 aliphatic heterocycles. The van der Waals surface area contributed by atoms with Crippen LogP contribution < -0.4 is 5.32 Å². The van der Waals surface area contributed by atoms with Gasteiger partial charge >= 0.3 is 6.03 Å². The molecule has 2 aliphatic rings. The summed E-state index contributed by atoms with van der Waals surface area (Å²) in [5, 5.41) is 5.70. The lowest BCUT2D eigenvalue weighted by molar-refractivity contribution is -0.0668. The van der Waals surface area contributed by atoms with Gasteiger partial charge in [0.15, 0.2) is 0 Å². The normalized spacial score (nSPS) is 20.2. The van der Waals surface area contributed by atoms with E-state index in [4.69, 9.17) is 28.0 Å². The van der Waals surface area contributed by atoms with E-state index in [1.54, 1.807) is 0 Å². The van der Waals surface area contributed by atoms with E-state index in [0.717, 1.165) is 31.2 Å². The predicted molar refractivity (Wildman–Crippen MR) is 82.7 cm³/mol. The maximum atomic E-state index is 12.1. The number of benzene rings is 1. The molecule has 21 heavy (non-hydrogen) atoms. The Morgan fingerprint density at radius 3 is 2.52 bits per heavy atom. The van der Waals surface area contributed by atoms with Crippen LogP contribution in [0.3, 0.4) is 0 Å². The first-order chi connectivity index (χ1) is 10.1. The average molecular weight is 329 g/mol. The number of rotatable bonds is 3. The van der Waals surface area contributed by atoms with Crippen molar-refractivity contribution in [2.75, 3.05) is 19.7 Å². The van der Waals surface area contributed by atoms with Gasteiger partial charge in [-0.1, -0.05) is 35.7 Å². The van der Waals surface area contributed by atoms with Gasteiger partial charge in [-0.15, -0.1) is 0 Å². The van der Waals surface area contributed by atoms with E-state index < -0.39 is 0 Å². The van der Waals surface area contributed by atoms with Gasteiger partial charge in [0.1, 0.15) is 0 Å². The minimum absolute atomic E-state index is 0.148. The Bertz CT molecular complexity index is 520. The molecule has 0 radical (unpaired) electrons. The van der Waals surface area contributed by atoms with Gasteiger partial charge in [-0.25, -0.2) is 9.86 Å². The van der Waals surface area contributed by atoms with Crippen LogP contribution in [-0.2, 0) is 10.3 Å². The molecule has 1 aromatic carbocycles. The molecule has 0 unspecified atom stereocenters. The van der Waals surface area contributed by atoms with Gasteiger partial charge in [-0.3, -0.25) is 4.84 Å². The summed E-state index contributed by atoms with van der Waals surface area (Å²) in [7, 11) is 0. The van der Waals surface area contributed by atoms with Crippen molar-refractivity contribution in [2.45, 2.75) is 31.1 Å². The Morgan fingerprint density at radius 2 is 2.00 bits per heavy atom. The molecule has 0 aromatic heterocycles. The summed E-state index contributed by atoms with van der Waals surface area (Å²) in [4.78, 5) is 17.3. The molecular weight excluding hydrogens is 311 g/mol. The number of carbonyl (C=O) groups excluding carboxylic acids is 1. The Morgan fingerprint density at radius 1 is 1.29 bits per heavy atom. The number of hydrogen-bond acceptors (Lipinski definition) is 2. The highest BCUT2D eigenvalue weighted by Crippen LogP contribution is 2.48. The fourth-order valence-electron chi connectivity index (χ4n) is 3.06. The topological polar surface area (TPSA) is 41.6 Å². The summed E-state index contributed by atoms with van der Waals surface area (Å²) in [6.45, 7) is 1.79. The second-order valence-electron chi connectivity index (χ2n) is 5.68. The molecule has 1 saturated heterocycles. The lowest BCUT2D eigenvalue weighted by atomic mass is 9.64. The first-order valence-corrected chi connectivity index (χ1v) is 8.01. The smallest absolute Gasteiger partial charge is 0.335 e. The van der Waals surface area contributed by atoms with Crippen molar-refractivity contribution >= 4 is 29.2 Å². The molecule has 2 fully saturated rings. The van der Waals surface area contributed by atoms with Crippen molar-refractivity contribution in [3.8, 4) is 0 Å². The zero-order chi connectivity index (χ0) is 14.9. The van der Waals surface area contributed by atoms with Crippen molar-refractivity contribution in [2.24, 2.45) is 0 Å². The zero-order valence-corrected chi connectivity index (χ0v) is 13.2. The molecule has 1 N–H and O–H groups in total. The molecule has 6 heteroatoms. The molecule has 4 nitrogen and oxygen atoms in total. The van der Waals surface area contributed by atoms with Crippen LogP contribution in [0.25, 0.3) is 0 Å². The molecule has 0 spiro atoms. The van der Waals surface area contributed by atoms with Crippen molar-refractivity contribution in [3.05, 3.63) is 33.8 Å². The molecule has 1 heterocycles. The molecule has 1 aliphatic carbocycles. The maximum absolute atomic E-state index is 12.1. The van der Waals surface area contributed by atoms with E-state index in [-0.39, 0.29) is 11.4 Å². The number of urea groups is 1. The third-order valence-corrected chi connectivity index (χ3v) is 4.99. The second kappa shape index (κ2) is 6.03. The summed E-state index contributed by atoms with van der Waals surface area (Å²) in [5.74, 6) is 0. The Kier molecular flexibility index (Phi) is 4.29. The first-order valence-electron chi connectivity index (χ1n) is 7.25. The predicted octanol–water partition coefficient (Wildman–Crippen LogP) is 3.76. The van der Waals surface area contributed by atoms with Gasteiger partial charge in [0.05, 0.1) is 13.2 Å². The van der Waals surface area contributed by atoms with Crippen LogP contribution in [0.1, 0.15) is 31.2 Å². The Hall–Kier alpha value is -0.970. The minimum Gasteiger partial charge on any atom is -0.335 e. The van der Waals surface area contributed by atoms with Gasteiger partial charge < -0.3 is 5.32 Å². The van der Waals surface area contributed by atoms with E-state index in [2.05, 4.69) is 5.32 Å². The van der Waals surface area contributed by atoms with E-state index >= 15 is 0 Å². The molecule has 114 valence electrons. The molecule has 2 amide bonds. The van der Waals surface area contributed by atoms with Crippen molar-refractivity contribution in [3.63, 3.8) is 0 Å². The summed E-state index contributed by atoms with van der Waals surface area (Å²) in [5.41, 5.74) is 0.812. The van der Waals surface area contributed by atoms with Crippen LogP contribution in [-0.4, -0.2) is 30.8 Å². The fraction of sp³-hybridized carbons (Fsp3) is 0.533. The molecular formula is C15H18Cl2N2O2. The van der Waals surface area contributed by atoms with E-state index in [1.165, 1.54) is 5.06 Å². The summed E-state index contributed by atoms with van der Waals surface area (Å²) < 4.78 is 0. The minimum atomic E-state index is -0.179. The highest BCUT2D eigenvalue weighted by molar-refractivity contribution is 6.36. The lowest BCUT2D eigenvalue weighted by Crippen LogP contribution is -2.48. The quantitative estimate of drug-likeness (QED) is 0.917. The third-order valence-electron chi connectivity index (χ3n) is 4.36. The van der Waals surface area contributed by atoms with Gasteiger partial charge in [-0.2, -0.15) is 0 Å².